The number of halogens is 1. The molecule has 4 nitrogen and oxygen atoms in total. The van der Waals surface area contributed by atoms with Crippen molar-refractivity contribution in [2.75, 3.05) is 26.7 Å². The number of benzene rings is 1. The van der Waals surface area contributed by atoms with Crippen molar-refractivity contribution in [3.05, 3.63) is 33.8 Å². The zero-order chi connectivity index (χ0) is 17.0. The number of carbonyl (C=O) groups is 1. The Morgan fingerprint density at radius 3 is 2.57 bits per heavy atom. The van der Waals surface area contributed by atoms with Gasteiger partial charge in [-0.15, -0.1) is 0 Å². The van der Waals surface area contributed by atoms with Gasteiger partial charge in [-0.25, -0.2) is 0 Å². The highest BCUT2D eigenvalue weighted by Gasteiger charge is 2.22. The second-order valence-electron chi connectivity index (χ2n) is 6.69. The molecule has 1 saturated heterocycles. The van der Waals surface area contributed by atoms with Crippen LogP contribution in [0.3, 0.4) is 0 Å². The van der Waals surface area contributed by atoms with Crippen molar-refractivity contribution >= 4 is 17.6 Å². The van der Waals surface area contributed by atoms with Crippen molar-refractivity contribution in [2.45, 2.75) is 45.7 Å². The highest BCUT2D eigenvalue weighted by molar-refractivity contribution is 6.30. The van der Waals surface area contributed by atoms with E-state index in [-0.39, 0.29) is 6.54 Å². The summed E-state index contributed by atoms with van der Waals surface area (Å²) in [7, 11) is 1.92. The third-order valence-corrected chi connectivity index (χ3v) is 5.06. The van der Waals surface area contributed by atoms with Crippen molar-refractivity contribution in [3.8, 4) is 0 Å². The van der Waals surface area contributed by atoms with E-state index in [4.69, 9.17) is 16.7 Å². The summed E-state index contributed by atoms with van der Waals surface area (Å²) in [6.45, 7) is 7.39. The molecular formula is C18H27ClN2O2. The minimum atomic E-state index is -0.749. The maximum atomic E-state index is 10.9. The van der Waals surface area contributed by atoms with Gasteiger partial charge in [0.2, 0.25) is 0 Å². The predicted molar refractivity (Wildman–Crippen MR) is 94.1 cm³/mol. The van der Waals surface area contributed by atoms with Gasteiger partial charge >= 0.3 is 5.97 Å². The molecule has 0 aliphatic carbocycles. The molecule has 1 atom stereocenters. The summed E-state index contributed by atoms with van der Waals surface area (Å²) in [5.74, 6) is -0.749. The van der Waals surface area contributed by atoms with Crippen molar-refractivity contribution in [3.63, 3.8) is 0 Å². The van der Waals surface area contributed by atoms with Gasteiger partial charge < -0.3 is 5.11 Å². The Morgan fingerprint density at radius 2 is 1.96 bits per heavy atom. The summed E-state index contributed by atoms with van der Waals surface area (Å²) in [6.07, 6.45) is 3.20. The first-order chi connectivity index (χ1) is 10.9. The Hall–Kier alpha value is -1.10. The molecule has 1 aromatic rings. The normalized spacial score (nSPS) is 19.8. The third-order valence-electron chi connectivity index (χ3n) is 4.84. The van der Waals surface area contributed by atoms with E-state index in [1.54, 1.807) is 0 Å². The molecule has 128 valence electrons. The van der Waals surface area contributed by atoms with Crippen LogP contribution in [0.15, 0.2) is 12.1 Å². The molecule has 1 fully saturated rings. The van der Waals surface area contributed by atoms with Crippen molar-refractivity contribution < 1.29 is 9.90 Å². The molecule has 1 N–H and O–H groups in total. The first-order valence-electron chi connectivity index (χ1n) is 8.27. The fourth-order valence-corrected chi connectivity index (χ4v) is 3.82. The highest BCUT2D eigenvalue weighted by Crippen LogP contribution is 2.23. The Balaban J connectivity index is 1.97. The van der Waals surface area contributed by atoms with Gasteiger partial charge in [0.25, 0.3) is 0 Å². The maximum absolute atomic E-state index is 10.9. The smallest absolute Gasteiger partial charge is 0.317 e. The first kappa shape index (κ1) is 18.2. The standard InChI is InChI=1S/C18H27ClN2O2/c1-13-9-15(19)10-14(2)17(13)11-21-7-4-5-16(6-8-21)20(3)12-18(22)23/h9-10,16H,4-8,11-12H2,1-3H3,(H,22,23). The monoisotopic (exact) mass is 338 g/mol. The molecule has 0 bridgehead atoms. The van der Waals surface area contributed by atoms with Crippen LogP contribution in [0.2, 0.25) is 5.02 Å². The number of nitrogens with zero attached hydrogens (tertiary/aromatic N) is 2. The molecule has 1 aliphatic heterocycles. The van der Waals surface area contributed by atoms with Crippen LogP contribution in [0.4, 0.5) is 0 Å². The lowest BCUT2D eigenvalue weighted by molar-refractivity contribution is -0.138. The van der Waals surface area contributed by atoms with Gasteiger partial charge in [0.1, 0.15) is 0 Å². The Morgan fingerprint density at radius 1 is 1.30 bits per heavy atom. The van der Waals surface area contributed by atoms with Crippen molar-refractivity contribution in [1.82, 2.24) is 9.80 Å². The topological polar surface area (TPSA) is 43.8 Å². The fraction of sp³-hybridized carbons (Fsp3) is 0.611. The van der Waals surface area contributed by atoms with E-state index < -0.39 is 5.97 Å². The Kier molecular flexibility index (Phi) is 6.45. The van der Waals surface area contributed by atoms with Gasteiger partial charge in [-0.05, 0) is 82.1 Å². The molecule has 0 aromatic heterocycles. The fourth-order valence-electron chi connectivity index (χ4n) is 3.49. The molecular weight excluding hydrogens is 312 g/mol. The van der Waals surface area contributed by atoms with Crippen molar-refractivity contribution in [2.24, 2.45) is 0 Å². The van der Waals surface area contributed by atoms with Crippen LogP contribution in [-0.2, 0) is 11.3 Å². The minimum Gasteiger partial charge on any atom is -0.480 e. The highest BCUT2D eigenvalue weighted by atomic mass is 35.5. The van der Waals surface area contributed by atoms with E-state index in [0.717, 1.165) is 43.9 Å². The number of rotatable bonds is 5. The number of likely N-dealkylation sites (tertiary alicyclic amines) is 1. The van der Waals surface area contributed by atoms with Gasteiger partial charge in [0, 0.05) is 17.6 Å². The average Bonchev–Trinajstić information content (AvgIpc) is 2.67. The molecule has 0 spiro atoms. The van der Waals surface area contributed by atoms with E-state index in [1.807, 2.05) is 24.1 Å². The molecule has 1 aromatic carbocycles. The van der Waals surface area contributed by atoms with Crippen molar-refractivity contribution in [1.29, 1.82) is 0 Å². The third kappa shape index (κ3) is 5.20. The summed E-state index contributed by atoms with van der Waals surface area (Å²) < 4.78 is 0. The van der Waals surface area contributed by atoms with Gasteiger partial charge in [-0.3, -0.25) is 14.6 Å². The quantitative estimate of drug-likeness (QED) is 0.894. The molecule has 2 rings (SSSR count). The molecule has 0 radical (unpaired) electrons. The number of aliphatic carboxylic acids is 1. The van der Waals surface area contributed by atoms with E-state index in [0.29, 0.717) is 6.04 Å². The Bertz CT molecular complexity index is 539. The lowest BCUT2D eigenvalue weighted by atomic mass is 10.0. The number of carboxylic acids is 1. The van der Waals surface area contributed by atoms with Crippen LogP contribution in [-0.4, -0.2) is 53.6 Å². The number of likely N-dealkylation sites (N-methyl/N-ethyl adjacent to an activating group) is 1. The summed E-state index contributed by atoms with van der Waals surface area (Å²) in [6, 6.07) is 4.43. The van der Waals surface area contributed by atoms with Gasteiger partial charge in [-0.2, -0.15) is 0 Å². The second-order valence-corrected chi connectivity index (χ2v) is 7.12. The lowest BCUT2D eigenvalue weighted by Crippen LogP contribution is -2.36. The molecule has 1 unspecified atom stereocenters. The summed E-state index contributed by atoms with van der Waals surface area (Å²) in [4.78, 5) is 15.3. The second kappa shape index (κ2) is 8.13. The lowest BCUT2D eigenvalue weighted by Gasteiger charge is -2.26. The summed E-state index contributed by atoms with van der Waals surface area (Å²) in [5.41, 5.74) is 3.87. The molecule has 23 heavy (non-hydrogen) atoms. The Labute approximate surface area is 144 Å². The van der Waals surface area contributed by atoms with E-state index in [9.17, 15) is 4.79 Å². The zero-order valence-corrected chi connectivity index (χ0v) is 15.1. The number of aryl methyl sites for hydroxylation is 2. The van der Waals surface area contributed by atoms with E-state index in [1.165, 1.54) is 16.7 Å². The zero-order valence-electron chi connectivity index (χ0n) is 14.3. The van der Waals surface area contributed by atoms with E-state index >= 15 is 0 Å². The van der Waals surface area contributed by atoms with Crippen LogP contribution in [0.25, 0.3) is 0 Å². The molecule has 0 saturated carbocycles. The summed E-state index contributed by atoms with van der Waals surface area (Å²) in [5, 5.41) is 9.75. The predicted octanol–water partition coefficient (Wildman–Crippen LogP) is 3.33. The van der Waals surface area contributed by atoms with Gasteiger partial charge in [0.15, 0.2) is 0 Å². The van der Waals surface area contributed by atoms with Crippen LogP contribution >= 0.6 is 11.6 Å². The first-order valence-corrected chi connectivity index (χ1v) is 8.64. The van der Waals surface area contributed by atoms with Crippen LogP contribution in [0, 0.1) is 13.8 Å². The largest absolute Gasteiger partial charge is 0.480 e. The van der Waals surface area contributed by atoms with Crippen LogP contribution < -0.4 is 0 Å². The number of carboxylic acid groups (broad SMARTS) is 1. The molecule has 5 heteroatoms. The molecule has 1 heterocycles. The average molecular weight is 339 g/mol. The molecule has 0 amide bonds. The number of hydrogen-bond acceptors (Lipinski definition) is 3. The van der Waals surface area contributed by atoms with Gasteiger partial charge in [0.05, 0.1) is 6.54 Å². The van der Waals surface area contributed by atoms with Gasteiger partial charge in [-0.1, -0.05) is 11.6 Å². The number of hydrogen-bond donors (Lipinski definition) is 1. The summed E-state index contributed by atoms with van der Waals surface area (Å²) >= 11 is 6.12. The molecule has 1 aliphatic rings. The van der Waals surface area contributed by atoms with Crippen LogP contribution in [0.1, 0.15) is 36.0 Å². The maximum Gasteiger partial charge on any atom is 0.317 e. The van der Waals surface area contributed by atoms with E-state index in [2.05, 4.69) is 18.7 Å². The van der Waals surface area contributed by atoms with Crippen LogP contribution in [0.5, 0.6) is 0 Å². The SMILES string of the molecule is Cc1cc(Cl)cc(C)c1CN1CCCC(N(C)CC(=O)O)CC1. The minimum absolute atomic E-state index is 0.125.